The second-order valence-electron chi connectivity index (χ2n) is 5.43. The van der Waals surface area contributed by atoms with Crippen molar-refractivity contribution >= 4 is 5.82 Å². The van der Waals surface area contributed by atoms with Gasteiger partial charge in [0.15, 0.2) is 0 Å². The molecule has 7 nitrogen and oxygen atoms in total. The molecular weight excluding hydrogens is 266 g/mol. The number of nitrogens with one attached hydrogen (secondary N) is 1. The average molecular weight is 287 g/mol. The third-order valence-electron chi connectivity index (χ3n) is 3.83. The first kappa shape index (κ1) is 13.9. The zero-order valence-corrected chi connectivity index (χ0v) is 12.3. The molecule has 0 radical (unpaired) electrons. The van der Waals surface area contributed by atoms with E-state index in [1.807, 2.05) is 13.0 Å². The first-order valence-electron chi connectivity index (χ1n) is 7.41. The topological polar surface area (TPSA) is 71.8 Å². The van der Waals surface area contributed by atoms with E-state index >= 15 is 0 Å². The molecule has 0 saturated carbocycles. The summed E-state index contributed by atoms with van der Waals surface area (Å²) in [6.45, 7) is 6.05. The molecule has 3 rings (SSSR count). The van der Waals surface area contributed by atoms with Crippen LogP contribution >= 0.6 is 0 Å². The van der Waals surface area contributed by atoms with Crippen LogP contribution in [0.4, 0.5) is 5.82 Å². The Balaban J connectivity index is 1.42. The quantitative estimate of drug-likeness (QED) is 0.883. The monoisotopic (exact) mass is 287 g/mol. The molecule has 0 aromatic carbocycles. The number of likely N-dealkylation sites (tertiary alicyclic amines) is 1. The minimum absolute atomic E-state index is 0.498. The normalized spacial score (nSPS) is 17.0. The van der Waals surface area contributed by atoms with Crippen molar-refractivity contribution in [2.24, 2.45) is 0 Å². The van der Waals surface area contributed by atoms with Crippen LogP contribution in [0.1, 0.15) is 18.5 Å². The molecule has 0 aliphatic carbocycles. The Hall–Kier alpha value is -2.02. The lowest BCUT2D eigenvalue weighted by molar-refractivity contribution is 0.205. The van der Waals surface area contributed by atoms with Gasteiger partial charge in [-0.1, -0.05) is 0 Å². The molecule has 0 unspecified atom stereocenters. The van der Waals surface area contributed by atoms with Gasteiger partial charge in [-0.15, -0.1) is 0 Å². The van der Waals surface area contributed by atoms with E-state index in [4.69, 9.17) is 0 Å². The molecule has 1 aliphatic heterocycles. The van der Waals surface area contributed by atoms with E-state index in [2.05, 4.69) is 30.4 Å². The molecule has 1 fully saturated rings. The predicted octanol–water partition coefficient (Wildman–Crippen LogP) is 0.953. The second-order valence-corrected chi connectivity index (χ2v) is 5.43. The predicted molar refractivity (Wildman–Crippen MR) is 79.9 cm³/mol. The number of anilines is 1. The molecule has 2 aromatic heterocycles. The zero-order valence-electron chi connectivity index (χ0n) is 12.3. The minimum atomic E-state index is 0.498. The van der Waals surface area contributed by atoms with Crippen LogP contribution in [0.15, 0.2) is 24.8 Å². The fraction of sp³-hybridized carbons (Fsp3) is 0.571. The van der Waals surface area contributed by atoms with Gasteiger partial charge < -0.3 is 10.2 Å². The van der Waals surface area contributed by atoms with Gasteiger partial charge in [0.25, 0.3) is 0 Å². The van der Waals surface area contributed by atoms with Crippen molar-refractivity contribution in [3.63, 3.8) is 0 Å². The molecule has 0 amide bonds. The Labute approximate surface area is 124 Å². The summed E-state index contributed by atoms with van der Waals surface area (Å²) >= 11 is 0. The van der Waals surface area contributed by atoms with Gasteiger partial charge in [-0.2, -0.15) is 15.0 Å². The third kappa shape index (κ3) is 3.98. The van der Waals surface area contributed by atoms with Gasteiger partial charge in [-0.3, -0.25) is 0 Å². The molecule has 7 heteroatoms. The molecule has 21 heavy (non-hydrogen) atoms. The van der Waals surface area contributed by atoms with E-state index in [1.54, 1.807) is 23.5 Å². The maximum absolute atomic E-state index is 4.27. The number of aromatic nitrogens is 5. The molecule has 0 spiro atoms. The number of hydrogen-bond acceptors (Lipinski definition) is 6. The highest BCUT2D eigenvalue weighted by molar-refractivity contribution is 5.35. The van der Waals surface area contributed by atoms with Crippen LogP contribution in [0.2, 0.25) is 0 Å². The molecule has 2 aromatic rings. The number of nitrogens with zero attached hydrogens (tertiary/aromatic N) is 6. The lowest BCUT2D eigenvalue weighted by Gasteiger charge is -2.32. The highest BCUT2D eigenvalue weighted by Crippen LogP contribution is 2.15. The summed E-state index contributed by atoms with van der Waals surface area (Å²) in [5.74, 6) is 0.932. The van der Waals surface area contributed by atoms with E-state index in [0.29, 0.717) is 6.04 Å². The number of hydrogen-bond donors (Lipinski definition) is 1. The fourth-order valence-electron chi connectivity index (χ4n) is 2.63. The number of rotatable bonds is 5. The van der Waals surface area contributed by atoms with Gasteiger partial charge in [0.05, 0.1) is 18.9 Å². The Morgan fingerprint density at radius 3 is 2.62 bits per heavy atom. The van der Waals surface area contributed by atoms with Crippen LogP contribution < -0.4 is 5.32 Å². The van der Waals surface area contributed by atoms with E-state index in [1.165, 1.54) is 0 Å². The summed E-state index contributed by atoms with van der Waals surface area (Å²) in [5.41, 5.74) is 0.997. The van der Waals surface area contributed by atoms with Crippen molar-refractivity contribution in [3.05, 3.63) is 30.5 Å². The largest absolute Gasteiger partial charge is 0.367 e. The van der Waals surface area contributed by atoms with E-state index < -0.39 is 0 Å². The molecule has 112 valence electrons. The molecular formula is C14H21N7. The Bertz CT molecular complexity index is 546. The molecule has 0 atom stereocenters. The Morgan fingerprint density at radius 2 is 1.90 bits per heavy atom. The Morgan fingerprint density at radius 1 is 1.14 bits per heavy atom. The van der Waals surface area contributed by atoms with Crippen molar-refractivity contribution in [1.82, 2.24) is 29.9 Å². The summed E-state index contributed by atoms with van der Waals surface area (Å²) in [4.78, 5) is 12.6. The van der Waals surface area contributed by atoms with Gasteiger partial charge in [-0.25, -0.2) is 9.97 Å². The maximum Gasteiger partial charge on any atom is 0.129 e. The minimum Gasteiger partial charge on any atom is -0.367 e. The van der Waals surface area contributed by atoms with Crippen molar-refractivity contribution in [1.29, 1.82) is 0 Å². The summed E-state index contributed by atoms with van der Waals surface area (Å²) in [6.07, 6.45) is 7.33. The summed E-state index contributed by atoms with van der Waals surface area (Å²) in [6, 6.07) is 2.49. The summed E-state index contributed by atoms with van der Waals surface area (Å²) < 4.78 is 0. The van der Waals surface area contributed by atoms with Crippen LogP contribution in [0, 0.1) is 6.92 Å². The van der Waals surface area contributed by atoms with Crippen molar-refractivity contribution in [2.75, 3.05) is 25.0 Å². The molecule has 0 bridgehead atoms. The number of piperidine rings is 1. The van der Waals surface area contributed by atoms with Crippen LogP contribution in [0.25, 0.3) is 0 Å². The van der Waals surface area contributed by atoms with Gasteiger partial charge in [0.1, 0.15) is 12.1 Å². The van der Waals surface area contributed by atoms with Crippen molar-refractivity contribution < 1.29 is 0 Å². The van der Waals surface area contributed by atoms with Crippen LogP contribution in [0.5, 0.6) is 0 Å². The standard InChI is InChI=1S/C14H21N7/c1-12-10-14(16-11-15-12)19-13-2-6-20(7-3-13)8-9-21-17-4-5-18-21/h4-5,10-11,13H,2-3,6-9H2,1H3,(H,15,16,19). The van der Waals surface area contributed by atoms with Gasteiger partial charge in [0, 0.05) is 37.4 Å². The van der Waals surface area contributed by atoms with Gasteiger partial charge >= 0.3 is 0 Å². The average Bonchev–Trinajstić information content (AvgIpc) is 3.00. The SMILES string of the molecule is Cc1cc(NC2CCN(CCn3nccn3)CC2)ncn1. The highest BCUT2D eigenvalue weighted by atomic mass is 15.5. The molecule has 1 N–H and O–H groups in total. The number of aryl methyl sites for hydroxylation is 1. The zero-order chi connectivity index (χ0) is 14.5. The first-order valence-corrected chi connectivity index (χ1v) is 7.41. The maximum atomic E-state index is 4.27. The van der Waals surface area contributed by atoms with E-state index in [-0.39, 0.29) is 0 Å². The third-order valence-corrected chi connectivity index (χ3v) is 3.83. The molecule has 3 heterocycles. The lowest BCUT2D eigenvalue weighted by Crippen LogP contribution is -2.40. The lowest BCUT2D eigenvalue weighted by atomic mass is 10.1. The van der Waals surface area contributed by atoms with Gasteiger partial charge in [0.2, 0.25) is 0 Å². The summed E-state index contributed by atoms with van der Waals surface area (Å²) in [7, 11) is 0. The Kier molecular flexibility index (Phi) is 4.40. The molecule has 1 saturated heterocycles. The van der Waals surface area contributed by atoms with Crippen molar-refractivity contribution in [2.45, 2.75) is 32.4 Å². The first-order chi connectivity index (χ1) is 10.3. The molecule has 1 aliphatic rings. The van der Waals surface area contributed by atoms with E-state index in [0.717, 1.165) is 50.5 Å². The van der Waals surface area contributed by atoms with Gasteiger partial charge in [-0.05, 0) is 19.8 Å². The van der Waals surface area contributed by atoms with Crippen LogP contribution in [-0.4, -0.2) is 55.5 Å². The smallest absolute Gasteiger partial charge is 0.129 e. The van der Waals surface area contributed by atoms with Crippen LogP contribution in [0.3, 0.4) is 0 Å². The van der Waals surface area contributed by atoms with E-state index in [9.17, 15) is 0 Å². The van der Waals surface area contributed by atoms with Crippen molar-refractivity contribution in [3.8, 4) is 0 Å². The summed E-state index contributed by atoms with van der Waals surface area (Å²) in [5, 5.41) is 11.8. The fourth-order valence-corrected chi connectivity index (χ4v) is 2.63. The highest BCUT2D eigenvalue weighted by Gasteiger charge is 2.19. The van der Waals surface area contributed by atoms with Crippen LogP contribution in [-0.2, 0) is 6.54 Å². The second kappa shape index (κ2) is 6.62.